The fourth-order valence-electron chi connectivity index (χ4n) is 2.11. The van der Waals surface area contributed by atoms with E-state index in [4.69, 9.17) is 16.3 Å². The minimum atomic E-state index is -0.555. The third-order valence-electron chi connectivity index (χ3n) is 3.52. The van der Waals surface area contributed by atoms with Crippen LogP contribution in [-0.2, 0) is 11.2 Å². The number of benzene rings is 2. The fourth-order valence-corrected chi connectivity index (χ4v) is 2.28. The molecular weight excluding hydrogens is 338 g/mol. The van der Waals surface area contributed by atoms with E-state index in [0.717, 1.165) is 12.1 Å². The van der Waals surface area contributed by atoms with Gasteiger partial charge in [-0.2, -0.15) is 5.26 Å². The maximum Gasteiger partial charge on any atom is 0.267 e. The van der Waals surface area contributed by atoms with E-state index in [2.05, 4.69) is 17.6 Å². The summed E-state index contributed by atoms with van der Waals surface area (Å²) in [7, 11) is 1.49. The molecule has 0 bridgehead atoms. The molecule has 2 N–H and O–H groups in total. The summed E-state index contributed by atoms with van der Waals surface area (Å²) in [5.74, 6) is -0.0982. The molecule has 0 radical (unpaired) electrons. The van der Waals surface area contributed by atoms with Gasteiger partial charge in [-0.15, -0.1) is 0 Å². The number of nitrogens with one attached hydrogen (secondary N) is 2. The number of carbonyl (C=O) groups excluding carboxylic acids is 1. The molecule has 25 heavy (non-hydrogen) atoms. The van der Waals surface area contributed by atoms with Gasteiger partial charge in [0.05, 0.1) is 12.8 Å². The minimum Gasteiger partial charge on any atom is -0.495 e. The predicted molar refractivity (Wildman–Crippen MR) is 99.8 cm³/mol. The monoisotopic (exact) mass is 355 g/mol. The SMILES string of the molecule is CCc1ccc(N/C=C(/C#N)C(=O)Nc2cc(Cl)ccc2OC)cc1. The van der Waals surface area contributed by atoms with Crippen LogP contribution >= 0.6 is 11.6 Å². The van der Waals surface area contributed by atoms with Gasteiger partial charge in [0.1, 0.15) is 17.4 Å². The van der Waals surface area contributed by atoms with Crippen molar-refractivity contribution in [3.05, 3.63) is 64.8 Å². The van der Waals surface area contributed by atoms with Crippen LogP contribution < -0.4 is 15.4 Å². The third kappa shape index (κ3) is 5.00. The predicted octanol–water partition coefficient (Wildman–Crippen LogP) is 4.37. The van der Waals surface area contributed by atoms with Crippen molar-refractivity contribution >= 4 is 28.9 Å². The molecule has 0 saturated carbocycles. The van der Waals surface area contributed by atoms with Crippen molar-refractivity contribution in [2.75, 3.05) is 17.7 Å². The first-order valence-corrected chi connectivity index (χ1v) is 8.05. The Morgan fingerprint density at radius 3 is 2.60 bits per heavy atom. The van der Waals surface area contributed by atoms with Crippen molar-refractivity contribution in [1.82, 2.24) is 0 Å². The van der Waals surface area contributed by atoms with Crippen molar-refractivity contribution in [3.63, 3.8) is 0 Å². The second kappa shape index (κ2) is 8.76. The van der Waals surface area contributed by atoms with E-state index < -0.39 is 5.91 Å². The lowest BCUT2D eigenvalue weighted by Gasteiger charge is -2.10. The summed E-state index contributed by atoms with van der Waals surface area (Å²) in [6.07, 6.45) is 2.32. The summed E-state index contributed by atoms with van der Waals surface area (Å²) in [5, 5.41) is 15.3. The van der Waals surface area contributed by atoms with Crippen LogP contribution in [0.2, 0.25) is 5.02 Å². The number of halogens is 1. The van der Waals surface area contributed by atoms with Crippen LogP contribution in [0.25, 0.3) is 0 Å². The molecule has 0 saturated heterocycles. The number of anilines is 2. The molecule has 5 nitrogen and oxygen atoms in total. The molecule has 0 aliphatic heterocycles. The van der Waals surface area contributed by atoms with Gasteiger partial charge in [-0.05, 0) is 42.3 Å². The van der Waals surface area contributed by atoms with Gasteiger partial charge in [-0.1, -0.05) is 30.7 Å². The van der Waals surface area contributed by atoms with E-state index in [0.29, 0.717) is 16.5 Å². The van der Waals surface area contributed by atoms with E-state index in [1.807, 2.05) is 30.3 Å². The highest BCUT2D eigenvalue weighted by molar-refractivity contribution is 6.31. The molecule has 2 aromatic rings. The van der Waals surface area contributed by atoms with Crippen LogP contribution in [0.5, 0.6) is 5.75 Å². The lowest BCUT2D eigenvalue weighted by molar-refractivity contribution is -0.112. The van der Waals surface area contributed by atoms with Gasteiger partial charge in [0, 0.05) is 16.9 Å². The highest BCUT2D eigenvalue weighted by Gasteiger charge is 2.12. The number of amides is 1. The molecule has 0 fully saturated rings. The van der Waals surface area contributed by atoms with E-state index in [9.17, 15) is 10.1 Å². The number of carbonyl (C=O) groups is 1. The van der Waals surface area contributed by atoms with E-state index in [1.54, 1.807) is 18.2 Å². The molecule has 0 atom stereocenters. The summed E-state index contributed by atoms with van der Waals surface area (Å²) in [6.45, 7) is 2.07. The largest absolute Gasteiger partial charge is 0.495 e. The van der Waals surface area contributed by atoms with Gasteiger partial charge >= 0.3 is 0 Å². The molecule has 0 aromatic heterocycles. The number of hydrogen-bond acceptors (Lipinski definition) is 4. The maximum absolute atomic E-state index is 12.3. The number of nitriles is 1. The summed E-state index contributed by atoms with van der Waals surface area (Å²) >= 11 is 5.94. The van der Waals surface area contributed by atoms with Crippen molar-refractivity contribution in [2.24, 2.45) is 0 Å². The van der Waals surface area contributed by atoms with Gasteiger partial charge in [-0.3, -0.25) is 4.79 Å². The Balaban J connectivity index is 2.12. The number of nitrogens with zero attached hydrogens (tertiary/aromatic N) is 1. The lowest BCUT2D eigenvalue weighted by atomic mass is 10.1. The maximum atomic E-state index is 12.3. The van der Waals surface area contributed by atoms with Crippen LogP contribution in [0.3, 0.4) is 0 Å². The smallest absolute Gasteiger partial charge is 0.267 e. The first-order valence-electron chi connectivity index (χ1n) is 7.68. The van der Waals surface area contributed by atoms with E-state index in [1.165, 1.54) is 18.9 Å². The molecule has 0 heterocycles. The zero-order chi connectivity index (χ0) is 18.2. The van der Waals surface area contributed by atoms with Gasteiger partial charge in [0.2, 0.25) is 0 Å². The van der Waals surface area contributed by atoms with Crippen LogP contribution in [0.15, 0.2) is 54.2 Å². The third-order valence-corrected chi connectivity index (χ3v) is 3.76. The Morgan fingerprint density at radius 2 is 2.00 bits per heavy atom. The summed E-state index contributed by atoms with van der Waals surface area (Å²) < 4.78 is 5.17. The topological polar surface area (TPSA) is 74.2 Å². The van der Waals surface area contributed by atoms with Crippen molar-refractivity contribution < 1.29 is 9.53 Å². The summed E-state index contributed by atoms with van der Waals surface area (Å²) in [5.41, 5.74) is 2.33. The van der Waals surface area contributed by atoms with Crippen molar-refractivity contribution in [2.45, 2.75) is 13.3 Å². The second-order valence-corrected chi connectivity index (χ2v) is 5.60. The number of hydrogen-bond donors (Lipinski definition) is 2. The number of rotatable bonds is 6. The lowest BCUT2D eigenvalue weighted by Crippen LogP contribution is -2.15. The molecule has 0 spiro atoms. The van der Waals surface area contributed by atoms with Crippen LogP contribution in [-0.4, -0.2) is 13.0 Å². The fraction of sp³-hybridized carbons (Fsp3) is 0.158. The molecule has 0 unspecified atom stereocenters. The highest BCUT2D eigenvalue weighted by atomic mass is 35.5. The molecule has 6 heteroatoms. The Morgan fingerprint density at radius 1 is 1.28 bits per heavy atom. The van der Waals surface area contributed by atoms with Crippen LogP contribution in [0.1, 0.15) is 12.5 Å². The first kappa shape index (κ1) is 18.4. The van der Waals surface area contributed by atoms with Crippen molar-refractivity contribution in [1.29, 1.82) is 5.26 Å². The van der Waals surface area contributed by atoms with E-state index in [-0.39, 0.29) is 5.57 Å². The molecule has 0 aliphatic rings. The number of ether oxygens (including phenoxy) is 1. The van der Waals surface area contributed by atoms with Gasteiger partial charge in [-0.25, -0.2) is 0 Å². The second-order valence-electron chi connectivity index (χ2n) is 5.16. The highest BCUT2D eigenvalue weighted by Crippen LogP contribution is 2.28. The molecule has 128 valence electrons. The van der Waals surface area contributed by atoms with Crippen molar-refractivity contribution in [3.8, 4) is 11.8 Å². The molecule has 1 amide bonds. The van der Waals surface area contributed by atoms with E-state index >= 15 is 0 Å². The minimum absolute atomic E-state index is 0.0680. The van der Waals surface area contributed by atoms with Gasteiger partial charge < -0.3 is 15.4 Å². The molecule has 0 aliphatic carbocycles. The summed E-state index contributed by atoms with van der Waals surface area (Å²) in [4.78, 5) is 12.3. The zero-order valence-electron chi connectivity index (χ0n) is 14.0. The number of methoxy groups -OCH3 is 1. The summed E-state index contributed by atoms with van der Waals surface area (Å²) in [6, 6.07) is 14.5. The van der Waals surface area contributed by atoms with Gasteiger partial charge in [0.25, 0.3) is 5.91 Å². The Bertz CT molecular complexity index is 824. The Labute approximate surface area is 151 Å². The Hall–Kier alpha value is -2.97. The molecule has 2 aromatic carbocycles. The molecule has 2 rings (SSSR count). The average Bonchev–Trinajstić information content (AvgIpc) is 2.63. The number of aryl methyl sites for hydroxylation is 1. The normalized spacial score (nSPS) is 10.7. The standard InChI is InChI=1S/C19H18ClN3O2/c1-3-13-4-7-16(8-5-13)22-12-14(11-21)19(24)23-17-10-15(20)6-9-18(17)25-2/h4-10,12,22H,3H2,1-2H3,(H,23,24)/b14-12-. The van der Waals surface area contributed by atoms with Crippen LogP contribution in [0, 0.1) is 11.3 Å². The van der Waals surface area contributed by atoms with Gasteiger partial charge in [0.15, 0.2) is 0 Å². The van der Waals surface area contributed by atoms with Crippen LogP contribution in [0.4, 0.5) is 11.4 Å². The quantitative estimate of drug-likeness (QED) is 0.596. The molecular formula is C19H18ClN3O2. The zero-order valence-corrected chi connectivity index (χ0v) is 14.7. The Kier molecular flexibility index (Phi) is 6.44. The average molecular weight is 356 g/mol. The first-order chi connectivity index (χ1) is 12.1.